The molecule has 0 aromatic rings. The molecule has 1 amide bonds. The Morgan fingerprint density at radius 2 is 1.17 bits per heavy atom. The van der Waals surface area contributed by atoms with Crippen LogP contribution in [0.15, 0.2) is 0 Å². The van der Waals surface area contributed by atoms with Gasteiger partial charge in [0.25, 0.3) is 0 Å². The van der Waals surface area contributed by atoms with Gasteiger partial charge < -0.3 is 26.6 Å². The first kappa shape index (κ1) is 26.1. The first-order valence-corrected chi connectivity index (χ1v) is 10.5. The van der Waals surface area contributed by atoms with Crippen LogP contribution in [0, 0.1) is 11.3 Å². The Bertz CT molecular complexity index is 534. The van der Waals surface area contributed by atoms with Crippen LogP contribution < -0.4 is 11.5 Å². The second-order valence-electron chi connectivity index (χ2n) is 8.46. The Balaban J connectivity index is 0.000000394. The Morgan fingerprint density at radius 3 is 1.55 bits per heavy atom. The van der Waals surface area contributed by atoms with Gasteiger partial charge in [0, 0.05) is 52.2 Å². The van der Waals surface area contributed by atoms with Crippen LogP contribution in [0.25, 0.3) is 0 Å². The molecule has 0 radical (unpaired) electrons. The van der Waals surface area contributed by atoms with Gasteiger partial charge in [-0.1, -0.05) is 32.1 Å². The molecular formula is C20H35N3O5Pt. The van der Waals surface area contributed by atoms with E-state index < -0.39 is 17.4 Å². The van der Waals surface area contributed by atoms with Crippen molar-refractivity contribution in [3.8, 4) is 0 Å². The van der Waals surface area contributed by atoms with E-state index in [9.17, 15) is 14.4 Å². The number of nitrogens with zero attached hydrogens (tertiary/aromatic N) is 1. The van der Waals surface area contributed by atoms with Crippen molar-refractivity contribution in [2.75, 3.05) is 13.1 Å². The largest absolute Gasteiger partial charge is 0.480 e. The zero-order valence-electron chi connectivity index (χ0n) is 17.0. The summed E-state index contributed by atoms with van der Waals surface area (Å²) >= 11 is 0. The molecular weight excluding hydrogens is 557 g/mol. The van der Waals surface area contributed by atoms with E-state index in [2.05, 4.69) is 0 Å². The summed E-state index contributed by atoms with van der Waals surface area (Å²) in [5, 5.41) is 18.3. The average Bonchev–Trinajstić information content (AvgIpc) is 2.70. The minimum Gasteiger partial charge on any atom is -0.480 e. The number of nitrogens with two attached hydrogens (primary N) is 2. The number of likely N-dealkylation sites (tertiary alicyclic amines) is 1. The Labute approximate surface area is 187 Å². The van der Waals surface area contributed by atoms with Crippen LogP contribution in [0.1, 0.15) is 70.6 Å². The standard InChI is InChI=1S/C14H21NO5.C6H14N2.Pt/c16-11(10-4-2-1-3-5-10)15-8-6-14(7-9-15,12(17)18)13(19)20;7-5-3-1-2-4-6(5)8;/h10H,1-9H2,(H,17,18)(H,19,20);5-6H,1-4,7-8H2;/t;5-,6-;/m.1./s1. The molecule has 0 aromatic heterocycles. The maximum atomic E-state index is 12.3. The number of rotatable bonds is 3. The predicted molar refractivity (Wildman–Crippen MR) is 105 cm³/mol. The van der Waals surface area contributed by atoms with Gasteiger partial charge >= 0.3 is 11.9 Å². The van der Waals surface area contributed by atoms with E-state index in [1.165, 1.54) is 19.3 Å². The van der Waals surface area contributed by atoms with Crippen molar-refractivity contribution in [3.05, 3.63) is 0 Å². The van der Waals surface area contributed by atoms with Crippen molar-refractivity contribution in [1.29, 1.82) is 0 Å². The fourth-order valence-electron chi connectivity index (χ4n) is 4.42. The summed E-state index contributed by atoms with van der Waals surface area (Å²) in [5.74, 6) is -2.47. The van der Waals surface area contributed by atoms with Crippen LogP contribution in [0.2, 0.25) is 0 Å². The van der Waals surface area contributed by atoms with Crippen LogP contribution in [-0.2, 0) is 35.4 Å². The molecule has 6 N–H and O–H groups in total. The third-order valence-corrected chi connectivity index (χ3v) is 6.58. The number of amides is 1. The number of carbonyl (C=O) groups is 3. The Hall–Kier alpha value is -0.982. The minimum absolute atomic E-state index is 0. The van der Waals surface area contributed by atoms with E-state index in [-0.39, 0.29) is 70.9 Å². The molecule has 3 aliphatic rings. The summed E-state index contributed by atoms with van der Waals surface area (Å²) < 4.78 is 0. The zero-order valence-corrected chi connectivity index (χ0v) is 19.2. The number of aliphatic carboxylic acids is 2. The molecule has 1 aliphatic heterocycles. The molecule has 29 heavy (non-hydrogen) atoms. The summed E-state index contributed by atoms with van der Waals surface area (Å²) in [6.45, 7) is 0.460. The van der Waals surface area contributed by atoms with Gasteiger partial charge in [-0.05, 0) is 38.5 Å². The molecule has 0 unspecified atom stereocenters. The molecule has 1 heterocycles. The monoisotopic (exact) mass is 592 g/mol. The van der Waals surface area contributed by atoms with Crippen LogP contribution in [0.3, 0.4) is 0 Å². The molecule has 2 aliphatic carbocycles. The quantitative estimate of drug-likeness (QED) is 0.364. The smallest absolute Gasteiger partial charge is 0.321 e. The fourth-order valence-corrected chi connectivity index (χ4v) is 4.42. The molecule has 170 valence electrons. The van der Waals surface area contributed by atoms with Crippen LogP contribution >= 0.6 is 0 Å². The molecule has 2 saturated carbocycles. The van der Waals surface area contributed by atoms with E-state index in [4.69, 9.17) is 21.7 Å². The maximum Gasteiger partial charge on any atom is 0.321 e. The van der Waals surface area contributed by atoms with Crippen molar-refractivity contribution >= 4 is 17.8 Å². The summed E-state index contributed by atoms with van der Waals surface area (Å²) in [6.07, 6.45) is 9.90. The molecule has 0 aromatic carbocycles. The van der Waals surface area contributed by atoms with Gasteiger partial charge in [-0.15, -0.1) is 0 Å². The van der Waals surface area contributed by atoms with E-state index in [1.54, 1.807) is 4.90 Å². The minimum atomic E-state index is -1.72. The van der Waals surface area contributed by atoms with E-state index in [1.807, 2.05) is 0 Å². The number of hydrogen-bond donors (Lipinski definition) is 4. The van der Waals surface area contributed by atoms with Gasteiger partial charge in [0.1, 0.15) is 0 Å². The van der Waals surface area contributed by atoms with E-state index in [0.29, 0.717) is 0 Å². The first-order chi connectivity index (χ1) is 13.3. The number of carboxylic acids is 2. The van der Waals surface area contributed by atoms with Gasteiger partial charge in [-0.25, -0.2) is 0 Å². The molecule has 9 heteroatoms. The van der Waals surface area contributed by atoms with Crippen molar-refractivity contribution in [2.24, 2.45) is 22.8 Å². The van der Waals surface area contributed by atoms with Crippen LogP contribution in [-0.4, -0.2) is 58.1 Å². The van der Waals surface area contributed by atoms with E-state index >= 15 is 0 Å². The SMILES string of the molecule is N[C@@H]1CCCC[C@H]1N.O=C(C1CCCCC1)N1CCC(C(=O)O)(C(=O)O)CC1.[Pt]. The Kier molecular flexibility index (Phi) is 10.8. The molecule has 3 rings (SSSR count). The van der Waals surface area contributed by atoms with Gasteiger partial charge in [0.15, 0.2) is 5.41 Å². The first-order valence-electron chi connectivity index (χ1n) is 10.5. The molecule has 8 nitrogen and oxygen atoms in total. The van der Waals surface area contributed by atoms with Gasteiger partial charge in [-0.2, -0.15) is 0 Å². The molecule has 0 bridgehead atoms. The van der Waals surface area contributed by atoms with Crippen molar-refractivity contribution in [2.45, 2.75) is 82.7 Å². The third-order valence-electron chi connectivity index (χ3n) is 6.58. The number of carbonyl (C=O) groups excluding carboxylic acids is 1. The number of carboxylic acid groups (broad SMARTS) is 2. The normalized spacial score (nSPS) is 27.0. The van der Waals surface area contributed by atoms with E-state index in [0.717, 1.165) is 38.5 Å². The summed E-state index contributed by atoms with van der Waals surface area (Å²) in [5.41, 5.74) is 9.59. The fraction of sp³-hybridized carbons (Fsp3) is 0.850. The van der Waals surface area contributed by atoms with Crippen molar-refractivity contribution in [3.63, 3.8) is 0 Å². The zero-order chi connectivity index (χ0) is 20.7. The molecule has 1 saturated heterocycles. The van der Waals surface area contributed by atoms with Gasteiger partial charge in [0.2, 0.25) is 5.91 Å². The average molecular weight is 593 g/mol. The Morgan fingerprint density at radius 1 is 0.759 bits per heavy atom. The molecule has 3 fully saturated rings. The maximum absolute atomic E-state index is 12.3. The van der Waals surface area contributed by atoms with Crippen LogP contribution in [0.5, 0.6) is 0 Å². The van der Waals surface area contributed by atoms with Crippen molar-refractivity contribution < 1.29 is 45.7 Å². The predicted octanol–water partition coefficient (Wildman–Crippen LogP) is 1.56. The van der Waals surface area contributed by atoms with Crippen molar-refractivity contribution in [1.82, 2.24) is 4.90 Å². The second kappa shape index (κ2) is 12.0. The number of hydrogen-bond acceptors (Lipinski definition) is 5. The van der Waals surface area contributed by atoms with Crippen LogP contribution in [0.4, 0.5) is 0 Å². The van der Waals surface area contributed by atoms with Gasteiger partial charge in [-0.3, -0.25) is 14.4 Å². The number of piperidine rings is 1. The summed E-state index contributed by atoms with van der Waals surface area (Å²) in [4.78, 5) is 36.4. The third kappa shape index (κ3) is 6.76. The summed E-state index contributed by atoms with van der Waals surface area (Å²) in [6, 6.07) is 0.562. The topological polar surface area (TPSA) is 147 Å². The second-order valence-corrected chi connectivity index (χ2v) is 8.46. The summed E-state index contributed by atoms with van der Waals surface area (Å²) in [7, 11) is 0. The van der Waals surface area contributed by atoms with Gasteiger partial charge in [0.05, 0.1) is 0 Å². The molecule has 0 spiro atoms. The molecule has 2 atom stereocenters.